The van der Waals surface area contributed by atoms with E-state index in [9.17, 15) is 4.79 Å². The molecular weight excluding hydrogens is 202 g/mol. The Morgan fingerprint density at radius 1 is 1.44 bits per heavy atom. The van der Waals surface area contributed by atoms with E-state index in [0.29, 0.717) is 24.5 Å². The van der Waals surface area contributed by atoms with Crippen LogP contribution in [0.3, 0.4) is 0 Å². The standard InChI is InChI=1S/C13H13NO2/c1-10-3-2-4-11(7-10)8-13-14-9-12(16-13)5-6-15/h2-4,6-7,9H,5,8H2,1H3. The summed E-state index contributed by atoms with van der Waals surface area (Å²) in [4.78, 5) is 14.4. The Balaban J connectivity index is 2.11. The van der Waals surface area contributed by atoms with Crippen molar-refractivity contribution in [3.8, 4) is 0 Å². The monoisotopic (exact) mass is 215 g/mol. The summed E-state index contributed by atoms with van der Waals surface area (Å²) < 4.78 is 5.43. The zero-order valence-corrected chi connectivity index (χ0v) is 9.14. The van der Waals surface area contributed by atoms with Crippen LogP contribution in [0.1, 0.15) is 22.8 Å². The molecular formula is C13H13NO2. The van der Waals surface area contributed by atoms with Gasteiger partial charge < -0.3 is 9.21 Å². The van der Waals surface area contributed by atoms with Crippen LogP contribution < -0.4 is 0 Å². The summed E-state index contributed by atoms with van der Waals surface area (Å²) in [5.74, 6) is 1.28. The molecule has 3 heteroatoms. The Morgan fingerprint density at radius 2 is 2.31 bits per heavy atom. The van der Waals surface area contributed by atoms with E-state index in [-0.39, 0.29) is 0 Å². The topological polar surface area (TPSA) is 43.1 Å². The maximum absolute atomic E-state index is 10.3. The molecule has 0 aliphatic rings. The molecule has 0 saturated carbocycles. The number of aryl methyl sites for hydroxylation is 1. The van der Waals surface area contributed by atoms with Gasteiger partial charge in [0.05, 0.1) is 12.6 Å². The summed E-state index contributed by atoms with van der Waals surface area (Å²) >= 11 is 0. The normalized spacial score (nSPS) is 10.3. The largest absolute Gasteiger partial charge is 0.445 e. The molecule has 2 rings (SSSR count). The van der Waals surface area contributed by atoms with Gasteiger partial charge in [-0.25, -0.2) is 4.98 Å². The molecule has 82 valence electrons. The summed E-state index contributed by atoms with van der Waals surface area (Å²) in [6.07, 6.45) is 3.39. The van der Waals surface area contributed by atoms with Crippen LogP contribution in [0.2, 0.25) is 0 Å². The molecule has 0 aliphatic carbocycles. The van der Waals surface area contributed by atoms with E-state index >= 15 is 0 Å². The number of aldehydes is 1. The van der Waals surface area contributed by atoms with Gasteiger partial charge in [0.15, 0.2) is 5.89 Å². The van der Waals surface area contributed by atoms with Gasteiger partial charge in [-0.05, 0) is 12.5 Å². The Morgan fingerprint density at radius 3 is 3.06 bits per heavy atom. The van der Waals surface area contributed by atoms with Crippen molar-refractivity contribution < 1.29 is 9.21 Å². The average molecular weight is 215 g/mol. The fraction of sp³-hybridized carbons (Fsp3) is 0.231. The highest BCUT2D eigenvalue weighted by Crippen LogP contribution is 2.11. The lowest BCUT2D eigenvalue weighted by atomic mass is 10.1. The van der Waals surface area contributed by atoms with Crippen molar-refractivity contribution in [2.75, 3.05) is 0 Å². The molecule has 0 bridgehead atoms. The fourth-order valence-electron chi connectivity index (χ4n) is 1.60. The van der Waals surface area contributed by atoms with Gasteiger partial charge >= 0.3 is 0 Å². The van der Waals surface area contributed by atoms with Crippen molar-refractivity contribution >= 4 is 6.29 Å². The van der Waals surface area contributed by atoms with Gasteiger partial charge in [0.1, 0.15) is 12.0 Å². The van der Waals surface area contributed by atoms with Crippen LogP contribution in [-0.2, 0) is 17.6 Å². The van der Waals surface area contributed by atoms with E-state index in [0.717, 1.165) is 6.29 Å². The predicted octanol–water partition coefficient (Wildman–Crippen LogP) is 2.32. The summed E-state index contributed by atoms with van der Waals surface area (Å²) in [6.45, 7) is 2.05. The van der Waals surface area contributed by atoms with Crippen molar-refractivity contribution in [2.45, 2.75) is 19.8 Å². The molecule has 0 atom stereocenters. The van der Waals surface area contributed by atoms with Crippen LogP contribution >= 0.6 is 0 Å². The van der Waals surface area contributed by atoms with Gasteiger partial charge in [0, 0.05) is 6.42 Å². The second kappa shape index (κ2) is 4.75. The number of aromatic nitrogens is 1. The van der Waals surface area contributed by atoms with E-state index in [2.05, 4.69) is 24.0 Å². The van der Waals surface area contributed by atoms with Crippen LogP contribution in [0.15, 0.2) is 34.9 Å². The van der Waals surface area contributed by atoms with E-state index in [1.165, 1.54) is 11.1 Å². The van der Waals surface area contributed by atoms with Crippen LogP contribution in [0, 0.1) is 6.92 Å². The Kier molecular flexibility index (Phi) is 3.15. The lowest BCUT2D eigenvalue weighted by Crippen LogP contribution is -1.88. The first-order chi connectivity index (χ1) is 7.78. The lowest BCUT2D eigenvalue weighted by molar-refractivity contribution is -0.107. The number of hydrogen-bond acceptors (Lipinski definition) is 3. The molecule has 2 aromatic rings. The number of nitrogens with zero attached hydrogens (tertiary/aromatic N) is 1. The zero-order chi connectivity index (χ0) is 11.4. The Labute approximate surface area is 94.1 Å². The molecule has 0 N–H and O–H groups in total. The summed E-state index contributed by atoms with van der Waals surface area (Å²) in [7, 11) is 0. The minimum atomic E-state index is 0.292. The highest BCUT2D eigenvalue weighted by Gasteiger charge is 2.04. The first kappa shape index (κ1) is 10.6. The van der Waals surface area contributed by atoms with Gasteiger partial charge in [0.25, 0.3) is 0 Å². The number of carbonyl (C=O) groups excluding carboxylic acids is 1. The highest BCUT2D eigenvalue weighted by atomic mass is 16.4. The molecule has 1 aromatic carbocycles. The third-order valence-corrected chi connectivity index (χ3v) is 2.32. The zero-order valence-electron chi connectivity index (χ0n) is 9.14. The second-order valence-electron chi connectivity index (χ2n) is 3.76. The minimum absolute atomic E-state index is 0.292. The van der Waals surface area contributed by atoms with Crippen LogP contribution in [0.5, 0.6) is 0 Å². The van der Waals surface area contributed by atoms with Crippen molar-refractivity contribution in [1.29, 1.82) is 0 Å². The van der Waals surface area contributed by atoms with Gasteiger partial charge in [-0.3, -0.25) is 0 Å². The molecule has 3 nitrogen and oxygen atoms in total. The van der Waals surface area contributed by atoms with Crippen molar-refractivity contribution in [2.24, 2.45) is 0 Å². The van der Waals surface area contributed by atoms with Crippen molar-refractivity contribution in [1.82, 2.24) is 4.98 Å². The van der Waals surface area contributed by atoms with E-state index in [4.69, 9.17) is 4.42 Å². The molecule has 1 aromatic heterocycles. The Hall–Kier alpha value is -1.90. The predicted molar refractivity (Wildman–Crippen MR) is 60.3 cm³/mol. The highest BCUT2D eigenvalue weighted by molar-refractivity contribution is 5.52. The number of hydrogen-bond donors (Lipinski definition) is 0. The smallest absolute Gasteiger partial charge is 0.198 e. The molecule has 0 fully saturated rings. The molecule has 0 radical (unpaired) electrons. The molecule has 0 amide bonds. The first-order valence-electron chi connectivity index (χ1n) is 5.20. The molecule has 1 heterocycles. The van der Waals surface area contributed by atoms with Gasteiger partial charge in [-0.2, -0.15) is 0 Å². The van der Waals surface area contributed by atoms with Crippen molar-refractivity contribution in [3.05, 3.63) is 53.2 Å². The number of oxazole rings is 1. The summed E-state index contributed by atoms with van der Waals surface area (Å²) in [5.41, 5.74) is 2.39. The van der Waals surface area contributed by atoms with Crippen LogP contribution in [-0.4, -0.2) is 11.3 Å². The molecule has 0 spiro atoms. The van der Waals surface area contributed by atoms with E-state index in [1.807, 2.05) is 12.1 Å². The molecule has 0 unspecified atom stereocenters. The second-order valence-corrected chi connectivity index (χ2v) is 3.76. The number of rotatable bonds is 4. The molecule has 0 saturated heterocycles. The number of benzene rings is 1. The van der Waals surface area contributed by atoms with E-state index in [1.54, 1.807) is 6.20 Å². The van der Waals surface area contributed by atoms with Crippen LogP contribution in [0.25, 0.3) is 0 Å². The van der Waals surface area contributed by atoms with Crippen LogP contribution in [0.4, 0.5) is 0 Å². The number of carbonyl (C=O) groups is 1. The van der Waals surface area contributed by atoms with Gasteiger partial charge in [0.2, 0.25) is 0 Å². The maximum atomic E-state index is 10.3. The van der Waals surface area contributed by atoms with Gasteiger partial charge in [-0.15, -0.1) is 0 Å². The SMILES string of the molecule is Cc1cccc(Cc2ncc(CC=O)o2)c1. The summed E-state index contributed by atoms with van der Waals surface area (Å²) in [5, 5.41) is 0. The minimum Gasteiger partial charge on any atom is -0.445 e. The molecule has 16 heavy (non-hydrogen) atoms. The summed E-state index contributed by atoms with van der Waals surface area (Å²) in [6, 6.07) is 8.21. The lowest BCUT2D eigenvalue weighted by Gasteiger charge is -1.98. The van der Waals surface area contributed by atoms with E-state index < -0.39 is 0 Å². The Bertz CT molecular complexity index is 488. The van der Waals surface area contributed by atoms with Gasteiger partial charge in [-0.1, -0.05) is 29.8 Å². The third-order valence-electron chi connectivity index (χ3n) is 2.32. The fourth-order valence-corrected chi connectivity index (χ4v) is 1.60. The first-order valence-corrected chi connectivity index (χ1v) is 5.20. The van der Waals surface area contributed by atoms with Crippen molar-refractivity contribution in [3.63, 3.8) is 0 Å². The quantitative estimate of drug-likeness (QED) is 0.735. The molecule has 0 aliphatic heterocycles. The third kappa shape index (κ3) is 2.57. The maximum Gasteiger partial charge on any atom is 0.198 e. The average Bonchev–Trinajstić information content (AvgIpc) is 2.66.